The van der Waals surface area contributed by atoms with Crippen LogP contribution in [0.3, 0.4) is 0 Å². The number of ketones is 1. The maximum atomic E-state index is 12.6. The van der Waals surface area contributed by atoms with Gasteiger partial charge in [0.1, 0.15) is 6.33 Å². The first-order chi connectivity index (χ1) is 13.7. The van der Waals surface area contributed by atoms with Crippen LogP contribution in [0.15, 0.2) is 49.2 Å². The topological polar surface area (TPSA) is 65.0 Å². The summed E-state index contributed by atoms with van der Waals surface area (Å²) < 4.78 is 42.7. The normalized spacial score (nSPS) is 11.3. The smallest absolute Gasteiger partial charge is 0.422 e. The monoisotopic (exact) mass is 421 g/mol. The van der Waals surface area contributed by atoms with Gasteiger partial charge in [-0.05, 0) is 41.8 Å². The highest BCUT2D eigenvalue weighted by atomic mass is 35.5. The molecule has 0 unspecified atom stereocenters. The summed E-state index contributed by atoms with van der Waals surface area (Å²) in [7, 11) is 0. The Morgan fingerprint density at radius 1 is 1.14 bits per heavy atom. The number of hydrogen-bond donors (Lipinski definition) is 0. The number of hydrogen-bond acceptors (Lipinski definition) is 5. The van der Waals surface area contributed by atoms with Gasteiger partial charge in [-0.3, -0.25) is 4.79 Å². The van der Waals surface area contributed by atoms with Crippen molar-refractivity contribution in [3.8, 4) is 17.0 Å². The number of Topliss-reactive ketones (excluding diaryl/α,β-unsaturated/α-hetero) is 1. The first-order valence-corrected chi connectivity index (χ1v) is 8.84. The van der Waals surface area contributed by atoms with Crippen molar-refractivity contribution in [1.82, 2.24) is 15.0 Å². The zero-order valence-corrected chi connectivity index (χ0v) is 16.0. The van der Waals surface area contributed by atoms with E-state index in [2.05, 4.69) is 15.0 Å². The largest absolute Gasteiger partial charge is 0.468 e. The van der Waals surface area contributed by atoms with E-state index in [1.54, 1.807) is 31.2 Å². The fourth-order valence-electron chi connectivity index (χ4n) is 2.61. The van der Waals surface area contributed by atoms with Crippen LogP contribution in [0, 0.1) is 6.92 Å². The third-order valence-corrected chi connectivity index (χ3v) is 4.42. The summed E-state index contributed by atoms with van der Waals surface area (Å²) in [5, 5.41) is 0.523. The summed E-state index contributed by atoms with van der Waals surface area (Å²) in [5.41, 5.74) is 2.50. The maximum Gasteiger partial charge on any atom is 0.422 e. The summed E-state index contributed by atoms with van der Waals surface area (Å²) in [6.07, 6.45) is 0.905. The summed E-state index contributed by atoms with van der Waals surface area (Å²) in [6.45, 7) is 0.303. The van der Waals surface area contributed by atoms with Gasteiger partial charge in [0, 0.05) is 35.6 Å². The number of rotatable bonds is 6. The van der Waals surface area contributed by atoms with Gasteiger partial charge >= 0.3 is 6.18 Å². The number of nitrogens with zero attached hydrogens (tertiary/aromatic N) is 3. The van der Waals surface area contributed by atoms with Crippen LogP contribution in [0.2, 0.25) is 5.02 Å². The molecular formula is C20H15ClF3N3O2. The number of carbonyl (C=O) groups is 1. The molecule has 0 aliphatic carbocycles. The van der Waals surface area contributed by atoms with E-state index in [-0.39, 0.29) is 18.1 Å². The Balaban J connectivity index is 1.95. The van der Waals surface area contributed by atoms with Gasteiger partial charge in [-0.1, -0.05) is 17.7 Å². The number of alkyl halides is 3. The summed E-state index contributed by atoms with van der Waals surface area (Å²) >= 11 is 6.04. The molecule has 0 radical (unpaired) electrons. The van der Waals surface area contributed by atoms with Gasteiger partial charge in [-0.15, -0.1) is 0 Å². The third kappa shape index (κ3) is 5.51. The molecule has 3 rings (SSSR count). The number of ether oxygens (including phenoxy) is 1. The van der Waals surface area contributed by atoms with Gasteiger partial charge in [0.15, 0.2) is 12.4 Å². The minimum absolute atomic E-state index is 0.0144. The van der Waals surface area contributed by atoms with Crippen LogP contribution in [-0.2, 0) is 6.42 Å². The molecule has 1 aromatic carbocycles. The molecule has 0 bridgehead atoms. The van der Waals surface area contributed by atoms with Crippen molar-refractivity contribution in [3.05, 3.63) is 70.9 Å². The predicted molar refractivity (Wildman–Crippen MR) is 101 cm³/mol. The lowest BCUT2D eigenvalue weighted by atomic mass is 10.0. The van der Waals surface area contributed by atoms with Gasteiger partial charge in [0.05, 0.1) is 5.56 Å². The highest BCUT2D eigenvalue weighted by Gasteiger charge is 2.29. The first kappa shape index (κ1) is 20.7. The Hall–Kier alpha value is -3.00. The number of benzene rings is 1. The van der Waals surface area contributed by atoms with Crippen LogP contribution in [0.1, 0.15) is 21.5 Å². The molecule has 0 fully saturated rings. The molecule has 2 heterocycles. The molecule has 0 atom stereocenters. The van der Waals surface area contributed by atoms with Crippen molar-refractivity contribution in [2.24, 2.45) is 0 Å². The maximum absolute atomic E-state index is 12.6. The Morgan fingerprint density at radius 2 is 1.86 bits per heavy atom. The molecule has 9 heteroatoms. The van der Waals surface area contributed by atoms with E-state index in [1.165, 1.54) is 24.9 Å². The molecule has 0 aliphatic rings. The van der Waals surface area contributed by atoms with Gasteiger partial charge in [0.25, 0.3) is 0 Å². The van der Waals surface area contributed by atoms with E-state index in [1.807, 2.05) is 0 Å². The van der Waals surface area contributed by atoms with Crippen molar-refractivity contribution in [1.29, 1.82) is 0 Å². The highest BCUT2D eigenvalue weighted by molar-refractivity contribution is 6.31. The molecule has 0 saturated carbocycles. The average Bonchev–Trinajstić information content (AvgIpc) is 2.69. The second-order valence-electron chi connectivity index (χ2n) is 6.29. The summed E-state index contributed by atoms with van der Waals surface area (Å²) in [4.78, 5) is 24.0. The molecule has 0 N–H and O–H groups in total. The average molecular weight is 422 g/mol. The first-order valence-electron chi connectivity index (χ1n) is 8.46. The van der Waals surface area contributed by atoms with Crippen molar-refractivity contribution < 1.29 is 22.7 Å². The van der Waals surface area contributed by atoms with Crippen LogP contribution in [0.5, 0.6) is 5.88 Å². The quantitative estimate of drug-likeness (QED) is 0.531. The summed E-state index contributed by atoms with van der Waals surface area (Å²) in [5.74, 6) is -0.419. The Labute approximate surface area is 169 Å². The number of carbonyl (C=O) groups excluding carboxylic acids is 1. The lowest BCUT2D eigenvalue weighted by Gasteiger charge is -2.14. The molecule has 0 saturated heterocycles. The molecule has 0 amide bonds. The molecule has 0 aliphatic heterocycles. The zero-order valence-electron chi connectivity index (χ0n) is 15.2. The van der Waals surface area contributed by atoms with E-state index in [9.17, 15) is 18.0 Å². The molecular weight excluding hydrogens is 407 g/mol. The number of aryl methyl sites for hydroxylation is 1. The van der Waals surface area contributed by atoms with Crippen LogP contribution >= 0.6 is 11.6 Å². The van der Waals surface area contributed by atoms with Gasteiger partial charge in [0.2, 0.25) is 5.88 Å². The van der Waals surface area contributed by atoms with E-state index in [4.69, 9.17) is 16.3 Å². The zero-order chi connectivity index (χ0) is 21.0. The summed E-state index contributed by atoms with van der Waals surface area (Å²) in [6, 6.07) is 6.60. The van der Waals surface area contributed by atoms with Crippen molar-refractivity contribution in [2.45, 2.75) is 19.5 Å². The number of aromatic nitrogens is 3. The van der Waals surface area contributed by atoms with Crippen LogP contribution in [-0.4, -0.2) is 33.5 Å². The molecule has 0 spiro atoms. The van der Waals surface area contributed by atoms with E-state index in [0.29, 0.717) is 27.3 Å². The lowest BCUT2D eigenvalue weighted by molar-refractivity contribution is -0.154. The van der Waals surface area contributed by atoms with E-state index >= 15 is 0 Å². The Kier molecular flexibility index (Phi) is 6.12. The minimum atomic E-state index is -4.50. The van der Waals surface area contributed by atoms with Crippen LogP contribution < -0.4 is 4.74 Å². The number of halogens is 4. The molecule has 29 heavy (non-hydrogen) atoms. The molecule has 3 aromatic rings. The van der Waals surface area contributed by atoms with E-state index in [0.717, 1.165) is 5.56 Å². The van der Waals surface area contributed by atoms with Gasteiger partial charge in [-0.2, -0.15) is 13.2 Å². The standard InChI is InChI=1S/C20H15ClF3N3O2/c1-12-4-14(2-3-17(12)21)16-5-13(6-18(28)15-8-25-11-26-9-15)7-27-19(16)29-10-20(22,23)24/h2-5,7-9,11H,6,10H2,1H3. The SMILES string of the molecule is Cc1cc(-c2cc(CC(=O)c3cncnc3)cnc2OCC(F)(F)F)ccc1Cl. The van der Waals surface area contributed by atoms with Crippen molar-refractivity contribution >= 4 is 17.4 Å². The highest BCUT2D eigenvalue weighted by Crippen LogP contribution is 2.32. The fourth-order valence-corrected chi connectivity index (χ4v) is 2.72. The van der Waals surface area contributed by atoms with Crippen molar-refractivity contribution in [2.75, 3.05) is 6.61 Å². The second kappa shape index (κ2) is 8.57. The Morgan fingerprint density at radius 3 is 2.52 bits per heavy atom. The van der Waals surface area contributed by atoms with Crippen molar-refractivity contribution in [3.63, 3.8) is 0 Å². The fraction of sp³-hybridized carbons (Fsp3) is 0.200. The number of pyridine rings is 1. The van der Waals surface area contributed by atoms with E-state index < -0.39 is 12.8 Å². The predicted octanol–water partition coefficient (Wildman–Crippen LogP) is 4.87. The molecule has 5 nitrogen and oxygen atoms in total. The third-order valence-electron chi connectivity index (χ3n) is 4.00. The van der Waals surface area contributed by atoms with Crippen LogP contribution in [0.4, 0.5) is 13.2 Å². The molecule has 2 aromatic heterocycles. The molecule has 150 valence electrons. The van der Waals surface area contributed by atoms with Gasteiger partial charge in [-0.25, -0.2) is 15.0 Å². The minimum Gasteiger partial charge on any atom is -0.468 e. The van der Waals surface area contributed by atoms with Gasteiger partial charge < -0.3 is 4.74 Å². The Bertz CT molecular complexity index is 1030. The second-order valence-corrected chi connectivity index (χ2v) is 6.70. The van der Waals surface area contributed by atoms with Crippen LogP contribution in [0.25, 0.3) is 11.1 Å². The lowest BCUT2D eigenvalue weighted by Crippen LogP contribution is -2.20.